The topological polar surface area (TPSA) is 26.0 Å². The Balaban J connectivity index is 3.16. The second-order valence-corrected chi connectivity index (χ2v) is 1.96. The average Bonchev–Trinajstić information content (AvgIpc) is 1.66. The van der Waals surface area contributed by atoms with Crippen LogP contribution in [0.1, 0.15) is 6.42 Å². The summed E-state index contributed by atoms with van der Waals surface area (Å²) in [7, 11) is 0. The zero-order valence-electron chi connectivity index (χ0n) is 4.73. The van der Waals surface area contributed by atoms with Crippen LogP contribution in [0.5, 0.6) is 0 Å². The summed E-state index contributed by atoms with van der Waals surface area (Å²) in [6, 6.07) is 0. The number of hydrogen-bond acceptors (Lipinski definition) is 1. The van der Waals surface area contributed by atoms with Crippen molar-refractivity contribution in [1.29, 1.82) is 0 Å². The highest BCUT2D eigenvalue weighted by atomic mass is 35.5. The summed E-state index contributed by atoms with van der Waals surface area (Å²) >= 11 is 5.43. The SMILES string of the molecule is C=C(Cl)CC=CCN. The van der Waals surface area contributed by atoms with Crippen LogP contribution >= 0.6 is 11.6 Å². The van der Waals surface area contributed by atoms with Crippen molar-refractivity contribution in [3.8, 4) is 0 Å². The van der Waals surface area contributed by atoms with E-state index in [4.69, 9.17) is 17.3 Å². The van der Waals surface area contributed by atoms with Crippen LogP contribution in [0.15, 0.2) is 23.8 Å². The van der Waals surface area contributed by atoms with Crippen LogP contribution in [-0.2, 0) is 0 Å². The van der Waals surface area contributed by atoms with Gasteiger partial charge < -0.3 is 5.73 Å². The molecule has 0 atom stereocenters. The molecule has 0 aliphatic rings. The minimum Gasteiger partial charge on any atom is -0.327 e. The smallest absolute Gasteiger partial charge is 0.0146 e. The molecule has 1 nitrogen and oxygen atoms in total. The predicted octanol–water partition coefficient (Wildman–Crippen LogP) is 1.64. The van der Waals surface area contributed by atoms with E-state index in [9.17, 15) is 0 Å². The summed E-state index contributed by atoms with van der Waals surface area (Å²) in [6.45, 7) is 4.07. The van der Waals surface area contributed by atoms with Crippen molar-refractivity contribution in [2.24, 2.45) is 5.73 Å². The summed E-state index contributed by atoms with van der Waals surface area (Å²) in [5.41, 5.74) is 5.16. The van der Waals surface area contributed by atoms with E-state index in [0.717, 1.165) is 6.42 Å². The molecule has 0 bridgehead atoms. The van der Waals surface area contributed by atoms with E-state index in [0.29, 0.717) is 11.6 Å². The van der Waals surface area contributed by atoms with Gasteiger partial charge in [-0.2, -0.15) is 0 Å². The maximum absolute atomic E-state index is 5.43. The van der Waals surface area contributed by atoms with Gasteiger partial charge in [-0.15, -0.1) is 0 Å². The zero-order valence-corrected chi connectivity index (χ0v) is 5.49. The fourth-order valence-corrected chi connectivity index (χ4v) is 0.397. The monoisotopic (exact) mass is 131 g/mol. The van der Waals surface area contributed by atoms with Crippen molar-refractivity contribution in [2.45, 2.75) is 6.42 Å². The van der Waals surface area contributed by atoms with E-state index >= 15 is 0 Å². The lowest BCUT2D eigenvalue weighted by Crippen LogP contribution is -1.91. The van der Waals surface area contributed by atoms with Crippen molar-refractivity contribution in [1.82, 2.24) is 0 Å². The molecule has 0 aliphatic heterocycles. The van der Waals surface area contributed by atoms with Crippen molar-refractivity contribution >= 4 is 11.6 Å². The van der Waals surface area contributed by atoms with Crippen molar-refractivity contribution in [2.75, 3.05) is 6.54 Å². The minimum atomic E-state index is 0.574. The van der Waals surface area contributed by atoms with Gasteiger partial charge in [-0.1, -0.05) is 30.3 Å². The first kappa shape index (κ1) is 7.73. The highest BCUT2D eigenvalue weighted by Crippen LogP contribution is 2.02. The molecule has 0 unspecified atom stereocenters. The molecule has 8 heavy (non-hydrogen) atoms. The Morgan fingerprint density at radius 2 is 2.25 bits per heavy atom. The van der Waals surface area contributed by atoms with Crippen molar-refractivity contribution in [3.63, 3.8) is 0 Å². The molecule has 0 amide bonds. The fourth-order valence-electron chi connectivity index (χ4n) is 0.307. The second-order valence-electron chi connectivity index (χ2n) is 1.43. The number of rotatable bonds is 3. The Morgan fingerprint density at radius 1 is 1.62 bits per heavy atom. The molecule has 0 saturated carbocycles. The lowest BCUT2D eigenvalue weighted by molar-refractivity contribution is 1.22. The van der Waals surface area contributed by atoms with Gasteiger partial charge in [0.25, 0.3) is 0 Å². The molecule has 0 spiro atoms. The molecule has 0 radical (unpaired) electrons. The van der Waals surface area contributed by atoms with Crippen LogP contribution in [0, 0.1) is 0 Å². The van der Waals surface area contributed by atoms with Crippen LogP contribution in [0.25, 0.3) is 0 Å². The van der Waals surface area contributed by atoms with Crippen LogP contribution in [0.3, 0.4) is 0 Å². The molecule has 46 valence electrons. The molecule has 0 aromatic carbocycles. The Bertz CT molecular complexity index is 96.7. The highest BCUT2D eigenvalue weighted by Gasteiger charge is 1.78. The normalized spacial score (nSPS) is 10.2. The van der Waals surface area contributed by atoms with E-state index in [1.165, 1.54) is 0 Å². The van der Waals surface area contributed by atoms with Crippen molar-refractivity contribution < 1.29 is 0 Å². The summed E-state index contributed by atoms with van der Waals surface area (Å²) in [6.07, 6.45) is 4.47. The standard InChI is InChI=1S/C6H10ClN/c1-6(7)4-2-3-5-8/h2-3H,1,4-5,8H2. The Kier molecular flexibility index (Phi) is 4.71. The number of halogens is 1. The Morgan fingerprint density at radius 3 is 2.62 bits per heavy atom. The number of nitrogens with two attached hydrogens (primary N) is 1. The molecule has 2 heteroatoms. The van der Waals surface area contributed by atoms with E-state index in [1.54, 1.807) is 0 Å². The van der Waals surface area contributed by atoms with Gasteiger partial charge in [0.1, 0.15) is 0 Å². The first-order chi connectivity index (χ1) is 3.77. The van der Waals surface area contributed by atoms with Gasteiger partial charge >= 0.3 is 0 Å². The number of allylic oxidation sites excluding steroid dienone is 2. The lowest BCUT2D eigenvalue weighted by Gasteiger charge is -1.83. The zero-order chi connectivity index (χ0) is 6.41. The Labute approximate surface area is 54.8 Å². The maximum atomic E-state index is 5.43. The van der Waals surface area contributed by atoms with Gasteiger partial charge in [0.2, 0.25) is 0 Å². The minimum absolute atomic E-state index is 0.574. The second kappa shape index (κ2) is 4.88. The molecule has 0 rings (SSSR count). The highest BCUT2D eigenvalue weighted by molar-refractivity contribution is 6.29. The van der Waals surface area contributed by atoms with Gasteiger partial charge in [0, 0.05) is 18.0 Å². The summed E-state index contributed by atoms with van der Waals surface area (Å²) < 4.78 is 0. The van der Waals surface area contributed by atoms with Gasteiger partial charge in [-0.05, 0) is 0 Å². The summed E-state index contributed by atoms with van der Waals surface area (Å²) in [5.74, 6) is 0. The molecule has 0 heterocycles. The number of hydrogen-bond donors (Lipinski definition) is 1. The quantitative estimate of drug-likeness (QED) is 0.579. The van der Waals surface area contributed by atoms with Crippen LogP contribution in [0.2, 0.25) is 0 Å². The molecule has 2 N–H and O–H groups in total. The largest absolute Gasteiger partial charge is 0.327 e. The maximum Gasteiger partial charge on any atom is 0.0146 e. The van der Waals surface area contributed by atoms with Gasteiger partial charge in [0.05, 0.1) is 0 Å². The third kappa shape index (κ3) is 5.73. The summed E-state index contributed by atoms with van der Waals surface area (Å²) in [5, 5.41) is 0.648. The molecule has 0 aliphatic carbocycles. The van der Waals surface area contributed by atoms with Gasteiger partial charge in [-0.3, -0.25) is 0 Å². The van der Waals surface area contributed by atoms with E-state index in [-0.39, 0.29) is 0 Å². The van der Waals surface area contributed by atoms with E-state index < -0.39 is 0 Å². The molecule has 0 saturated heterocycles. The van der Waals surface area contributed by atoms with Crippen LogP contribution in [-0.4, -0.2) is 6.54 Å². The first-order valence-corrected chi connectivity index (χ1v) is 2.83. The lowest BCUT2D eigenvalue weighted by atomic mass is 10.4. The molecule has 0 aromatic rings. The van der Waals surface area contributed by atoms with Crippen LogP contribution < -0.4 is 5.73 Å². The predicted molar refractivity (Wildman–Crippen MR) is 37.8 cm³/mol. The fraction of sp³-hybridized carbons (Fsp3) is 0.333. The molecular formula is C6H10ClN. The van der Waals surface area contributed by atoms with Crippen LogP contribution in [0.4, 0.5) is 0 Å². The van der Waals surface area contributed by atoms with E-state index in [2.05, 4.69) is 6.58 Å². The first-order valence-electron chi connectivity index (χ1n) is 2.45. The molecular weight excluding hydrogens is 122 g/mol. The van der Waals surface area contributed by atoms with E-state index in [1.807, 2.05) is 12.2 Å². The summed E-state index contributed by atoms with van der Waals surface area (Å²) in [4.78, 5) is 0. The van der Waals surface area contributed by atoms with Gasteiger partial charge in [-0.25, -0.2) is 0 Å². The van der Waals surface area contributed by atoms with Crippen molar-refractivity contribution in [3.05, 3.63) is 23.8 Å². The third-order valence-corrected chi connectivity index (χ3v) is 0.796. The molecule has 0 fully saturated rings. The Hall–Kier alpha value is -0.270. The van der Waals surface area contributed by atoms with Gasteiger partial charge in [0.15, 0.2) is 0 Å². The average molecular weight is 132 g/mol. The third-order valence-electron chi connectivity index (χ3n) is 0.642. The molecule has 0 aromatic heterocycles.